The molecule has 182 valence electrons. The number of nitrogen functional groups attached to an aromatic ring is 1. The van der Waals surface area contributed by atoms with Gasteiger partial charge in [-0.3, -0.25) is 4.79 Å². The monoisotopic (exact) mass is 485 g/mol. The number of nitrogens with zero attached hydrogens (tertiary/aromatic N) is 4. The summed E-state index contributed by atoms with van der Waals surface area (Å²) in [7, 11) is 0. The first-order chi connectivity index (χ1) is 17.5. The predicted octanol–water partition coefficient (Wildman–Crippen LogP) is 2.87. The Morgan fingerprint density at radius 1 is 1.00 bits per heavy atom. The number of nitrogens with two attached hydrogens (primary N) is 1. The number of nitrogens with one attached hydrogen (secondary N) is 1. The van der Waals surface area contributed by atoms with E-state index in [2.05, 4.69) is 14.9 Å². The molecule has 0 radical (unpaired) electrons. The molecule has 0 saturated carbocycles. The van der Waals surface area contributed by atoms with Crippen LogP contribution in [-0.4, -0.2) is 53.1 Å². The molecule has 6 rings (SSSR count). The Balaban J connectivity index is 1.21. The van der Waals surface area contributed by atoms with E-state index in [1.807, 2.05) is 41.3 Å². The smallest absolute Gasteiger partial charge is 0.343 e. The van der Waals surface area contributed by atoms with Gasteiger partial charge in [-0.25, -0.2) is 14.4 Å². The normalized spacial score (nSPS) is 17.5. The summed E-state index contributed by atoms with van der Waals surface area (Å²) in [5.41, 5.74) is 10.1. The second kappa shape index (κ2) is 9.07. The third kappa shape index (κ3) is 4.17. The van der Waals surface area contributed by atoms with Crippen LogP contribution in [0, 0.1) is 5.82 Å². The summed E-state index contributed by atoms with van der Waals surface area (Å²) in [5.74, 6) is 1.59. The number of anilines is 2. The molecule has 36 heavy (non-hydrogen) atoms. The summed E-state index contributed by atoms with van der Waals surface area (Å²) < 4.78 is 19.4. The first-order valence-corrected chi connectivity index (χ1v) is 12.1. The molecule has 2 aliphatic heterocycles. The summed E-state index contributed by atoms with van der Waals surface area (Å²) >= 11 is 0. The van der Waals surface area contributed by atoms with Crippen LogP contribution in [0.25, 0.3) is 22.3 Å². The molecular weight excluding hydrogens is 459 g/mol. The standard InChI is InChI=1S/C27H25FN6O2/c28-19-8-5-17(6-9-19)20-10-11-21-24(30-20)25(32-27(29)31-21)33-13-15-34(16-14-33)26(35)23-12-7-18-3-1-2-4-22(18)36-23/h1-6,8-11,23H,7,12-16H2,(H2,29,31,32)/p+1. The second-order valence-electron chi connectivity index (χ2n) is 9.11. The third-order valence-electron chi connectivity index (χ3n) is 6.83. The Kier molecular flexibility index (Phi) is 5.59. The maximum Gasteiger partial charge on any atom is 0.343 e. The number of amides is 1. The number of benzene rings is 2. The number of ether oxygens (including phenoxy) is 1. The van der Waals surface area contributed by atoms with Crippen molar-refractivity contribution in [1.29, 1.82) is 0 Å². The SMILES string of the molecule is Nc1nc2ccc(-c3ccc(F)cc3)nc2c(N2CCN(C(=O)C3CCc4ccccc4O3)CC2)[nH+]1. The quantitative estimate of drug-likeness (QED) is 0.479. The van der Waals surface area contributed by atoms with Gasteiger partial charge < -0.3 is 20.3 Å². The Morgan fingerprint density at radius 3 is 2.58 bits per heavy atom. The van der Waals surface area contributed by atoms with Gasteiger partial charge in [-0.2, -0.15) is 0 Å². The number of hydrogen-bond donors (Lipinski definition) is 1. The van der Waals surface area contributed by atoms with Crippen molar-refractivity contribution in [3.8, 4) is 17.0 Å². The fourth-order valence-electron chi connectivity index (χ4n) is 4.92. The predicted molar refractivity (Wildman–Crippen MR) is 134 cm³/mol. The van der Waals surface area contributed by atoms with Gasteiger partial charge in [0.25, 0.3) is 5.91 Å². The van der Waals surface area contributed by atoms with E-state index in [9.17, 15) is 9.18 Å². The first-order valence-electron chi connectivity index (χ1n) is 12.1. The molecule has 8 nitrogen and oxygen atoms in total. The van der Waals surface area contributed by atoms with E-state index in [4.69, 9.17) is 15.5 Å². The molecule has 1 unspecified atom stereocenters. The third-order valence-corrected chi connectivity index (χ3v) is 6.83. The zero-order valence-electron chi connectivity index (χ0n) is 19.7. The molecule has 4 heterocycles. The maximum absolute atomic E-state index is 13.4. The van der Waals surface area contributed by atoms with E-state index in [-0.39, 0.29) is 11.7 Å². The lowest BCUT2D eigenvalue weighted by Gasteiger charge is -2.36. The average Bonchev–Trinajstić information content (AvgIpc) is 2.92. The van der Waals surface area contributed by atoms with Crippen LogP contribution in [0.2, 0.25) is 0 Å². The number of piperazine rings is 1. The summed E-state index contributed by atoms with van der Waals surface area (Å²) in [6.07, 6.45) is 1.08. The van der Waals surface area contributed by atoms with Crippen molar-refractivity contribution in [2.45, 2.75) is 18.9 Å². The van der Waals surface area contributed by atoms with Crippen molar-refractivity contribution in [3.05, 3.63) is 72.0 Å². The minimum Gasteiger partial charge on any atom is -0.480 e. The molecule has 0 aliphatic carbocycles. The van der Waals surface area contributed by atoms with Crippen LogP contribution in [0.15, 0.2) is 60.7 Å². The average molecular weight is 486 g/mol. The highest BCUT2D eigenvalue weighted by atomic mass is 19.1. The van der Waals surface area contributed by atoms with Crippen LogP contribution < -0.4 is 20.4 Å². The fourth-order valence-corrected chi connectivity index (χ4v) is 4.92. The number of carbonyl (C=O) groups is 1. The van der Waals surface area contributed by atoms with Crippen molar-refractivity contribution < 1.29 is 18.9 Å². The van der Waals surface area contributed by atoms with Crippen molar-refractivity contribution in [3.63, 3.8) is 0 Å². The van der Waals surface area contributed by atoms with E-state index in [0.717, 1.165) is 29.1 Å². The van der Waals surface area contributed by atoms with Crippen LogP contribution in [0.5, 0.6) is 5.75 Å². The van der Waals surface area contributed by atoms with Gasteiger partial charge in [-0.1, -0.05) is 18.2 Å². The topological polar surface area (TPSA) is 98.7 Å². The van der Waals surface area contributed by atoms with Crippen molar-refractivity contribution in [1.82, 2.24) is 14.9 Å². The number of para-hydroxylation sites is 1. The lowest BCUT2D eigenvalue weighted by molar-refractivity contribution is -0.348. The van der Waals surface area contributed by atoms with Crippen LogP contribution in [-0.2, 0) is 11.2 Å². The Labute approximate surface area is 207 Å². The van der Waals surface area contributed by atoms with Gasteiger partial charge in [-0.15, -0.1) is 4.98 Å². The Morgan fingerprint density at radius 2 is 1.78 bits per heavy atom. The van der Waals surface area contributed by atoms with E-state index in [0.29, 0.717) is 55.3 Å². The first kappa shape index (κ1) is 22.2. The number of rotatable bonds is 3. The van der Waals surface area contributed by atoms with Gasteiger partial charge >= 0.3 is 5.95 Å². The van der Waals surface area contributed by atoms with Gasteiger partial charge in [0.15, 0.2) is 17.1 Å². The molecular formula is C27H26FN6O2+. The lowest BCUT2D eigenvalue weighted by atomic mass is 10.0. The molecule has 4 aromatic rings. The molecule has 1 amide bonds. The van der Waals surface area contributed by atoms with Crippen molar-refractivity contribution in [2.24, 2.45) is 0 Å². The lowest BCUT2D eigenvalue weighted by Crippen LogP contribution is -2.54. The molecule has 2 aromatic carbocycles. The van der Waals surface area contributed by atoms with Gasteiger partial charge in [0.1, 0.15) is 11.6 Å². The molecule has 1 saturated heterocycles. The largest absolute Gasteiger partial charge is 0.480 e. The number of pyridine rings is 1. The van der Waals surface area contributed by atoms with Crippen LogP contribution in [0.1, 0.15) is 12.0 Å². The number of halogens is 1. The number of aromatic amines is 1. The van der Waals surface area contributed by atoms with Gasteiger partial charge in [0.2, 0.25) is 5.82 Å². The second-order valence-corrected chi connectivity index (χ2v) is 9.11. The minimum atomic E-state index is -0.449. The minimum absolute atomic E-state index is 0.0314. The summed E-state index contributed by atoms with van der Waals surface area (Å²) in [5, 5.41) is 0. The maximum atomic E-state index is 13.4. The van der Waals surface area contributed by atoms with Gasteiger partial charge in [-0.05, 0) is 60.9 Å². The molecule has 0 bridgehead atoms. The van der Waals surface area contributed by atoms with E-state index in [1.165, 1.54) is 12.1 Å². The highest BCUT2D eigenvalue weighted by Gasteiger charge is 2.33. The highest BCUT2D eigenvalue weighted by Crippen LogP contribution is 2.29. The summed E-state index contributed by atoms with van der Waals surface area (Å²) in [4.78, 5) is 29.6. The number of aryl methyl sites for hydroxylation is 1. The van der Waals surface area contributed by atoms with E-state index >= 15 is 0 Å². The van der Waals surface area contributed by atoms with Crippen LogP contribution in [0.4, 0.5) is 16.2 Å². The van der Waals surface area contributed by atoms with Crippen molar-refractivity contribution in [2.75, 3.05) is 36.8 Å². The molecule has 9 heteroatoms. The van der Waals surface area contributed by atoms with Gasteiger partial charge in [0.05, 0.1) is 18.8 Å². The molecule has 3 N–H and O–H groups in total. The zero-order valence-corrected chi connectivity index (χ0v) is 19.7. The van der Waals surface area contributed by atoms with E-state index in [1.54, 1.807) is 12.1 Å². The number of fused-ring (bicyclic) bond motifs is 2. The molecule has 2 aliphatic rings. The number of aromatic nitrogens is 3. The van der Waals surface area contributed by atoms with Crippen molar-refractivity contribution >= 4 is 28.7 Å². The molecule has 2 aromatic heterocycles. The number of H-pyrrole nitrogens is 1. The van der Waals surface area contributed by atoms with E-state index < -0.39 is 6.10 Å². The number of hydrogen-bond acceptors (Lipinski definition) is 6. The van der Waals surface area contributed by atoms with Gasteiger partial charge in [0, 0.05) is 18.7 Å². The Bertz CT molecular complexity index is 1440. The molecule has 1 fully saturated rings. The fraction of sp³-hybridized carbons (Fsp3) is 0.259. The summed E-state index contributed by atoms with van der Waals surface area (Å²) in [6.45, 7) is 2.37. The van der Waals surface area contributed by atoms with Crippen LogP contribution >= 0.6 is 0 Å². The summed E-state index contributed by atoms with van der Waals surface area (Å²) in [6, 6.07) is 17.9. The number of carbonyl (C=O) groups excluding carboxylic acids is 1. The zero-order chi connectivity index (χ0) is 24.6. The highest BCUT2D eigenvalue weighted by molar-refractivity contribution is 5.87. The van der Waals surface area contributed by atoms with Crippen LogP contribution in [0.3, 0.4) is 0 Å². The molecule has 0 spiro atoms. The Hall–Kier alpha value is -4.27. The molecule has 1 atom stereocenters.